The zero-order valence-electron chi connectivity index (χ0n) is 11.1. The predicted octanol–water partition coefficient (Wildman–Crippen LogP) is 2.54. The third kappa shape index (κ3) is 5.23. The second kappa shape index (κ2) is 7.89. The van der Waals surface area contributed by atoms with E-state index in [2.05, 4.69) is 47.6 Å². The lowest BCUT2D eigenvalue weighted by Gasteiger charge is -2.22. The van der Waals surface area contributed by atoms with Gasteiger partial charge in [0.2, 0.25) is 5.13 Å². The largest absolute Gasteiger partial charge is 0.360 e. The van der Waals surface area contributed by atoms with Crippen LogP contribution in [0.25, 0.3) is 0 Å². The summed E-state index contributed by atoms with van der Waals surface area (Å²) in [7, 11) is 2.14. The van der Waals surface area contributed by atoms with Gasteiger partial charge in [0, 0.05) is 18.3 Å². The molecule has 0 aliphatic carbocycles. The van der Waals surface area contributed by atoms with Crippen LogP contribution in [0.15, 0.2) is 0 Å². The quantitative estimate of drug-likeness (QED) is 0.789. The SMILES string of the molecule is CCCNc1nnc(CN(C)C(C)CSC)s1. The van der Waals surface area contributed by atoms with Crippen LogP contribution in [0.2, 0.25) is 0 Å². The van der Waals surface area contributed by atoms with Gasteiger partial charge in [0.1, 0.15) is 5.01 Å². The van der Waals surface area contributed by atoms with Crippen LogP contribution >= 0.6 is 23.1 Å². The lowest BCUT2D eigenvalue weighted by molar-refractivity contribution is 0.269. The van der Waals surface area contributed by atoms with Crippen LogP contribution in [0.4, 0.5) is 5.13 Å². The fourth-order valence-corrected chi connectivity index (χ4v) is 2.92. The van der Waals surface area contributed by atoms with Crippen molar-refractivity contribution in [1.29, 1.82) is 0 Å². The third-order valence-corrected chi connectivity index (χ3v) is 4.22. The second-order valence-corrected chi connectivity index (χ2v) is 6.12. The number of anilines is 1. The van der Waals surface area contributed by atoms with E-state index in [9.17, 15) is 0 Å². The number of nitrogens with one attached hydrogen (secondary N) is 1. The van der Waals surface area contributed by atoms with Gasteiger partial charge in [-0.05, 0) is 26.6 Å². The van der Waals surface area contributed by atoms with Crippen LogP contribution in [-0.2, 0) is 6.54 Å². The molecule has 0 spiro atoms. The summed E-state index contributed by atoms with van der Waals surface area (Å²) in [6.07, 6.45) is 3.25. The second-order valence-electron chi connectivity index (χ2n) is 4.15. The highest BCUT2D eigenvalue weighted by atomic mass is 32.2. The average molecular weight is 274 g/mol. The molecule has 0 aromatic carbocycles. The number of thioether (sulfide) groups is 1. The molecule has 1 rings (SSSR count). The van der Waals surface area contributed by atoms with Crippen molar-refractivity contribution < 1.29 is 0 Å². The van der Waals surface area contributed by atoms with Crippen molar-refractivity contribution >= 4 is 28.2 Å². The molecule has 17 heavy (non-hydrogen) atoms. The van der Waals surface area contributed by atoms with E-state index in [1.54, 1.807) is 11.3 Å². The Morgan fingerprint density at radius 3 is 2.88 bits per heavy atom. The Morgan fingerprint density at radius 2 is 2.24 bits per heavy atom. The van der Waals surface area contributed by atoms with E-state index >= 15 is 0 Å². The molecule has 0 saturated carbocycles. The summed E-state index contributed by atoms with van der Waals surface area (Å²) < 4.78 is 0. The molecular weight excluding hydrogens is 252 g/mol. The summed E-state index contributed by atoms with van der Waals surface area (Å²) >= 11 is 3.53. The maximum Gasteiger partial charge on any atom is 0.205 e. The van der Waals surface area contributed by atoms with E-state index in [-0.39, 0.29) is 0 Å². The van der Waals surface area contributed by atoms with Crippen molar-refractivity contribution in [2.45, 2.75) is 32.9 Å². The van der Waals surface area contributed by atoms with Crippen molar-refractivity contribution in [3.8, 4) is 0 Å². The number of hydrogen-bond acceptors (Lipinski definition) is 6. The minimum atomic E-state index is 0.570. The van der Waals surface area contributed by atoms with Gasteiger partial charge in [-0.1, -0.05) is 18.3 Å². The molecule has 0 saturated heterocycles. The molecule has 1 aromatic heterocycles. The molecular formula is C11H22N4S2. The van der Waals surface area contributed by atoms with Crippen molar-refractivity contribution in [3.05, 3.63) is 5.01 Å². The van der Waals surface area contributed by atoms with Crippen molar-refractivity contribution in [2.75, 3.05) is 30.9 Å². The molecule has 0 aliphatic heterocycles. The average Bonchev–Trinajstić information content (AvgIpc) is 2.74. The van der Waals surface area contributed by atoms with Crippen molar-refractivity contribution in [2.24, 2.45) is 0 Å². The normalized spacial score (nSPS) is 13.0. The zero-order valence-corrected chi connectivity index (χ0v) is 12.7. The van der Waals surface area contributed by atoms with Gasteiger partial charge in [0.25, 0.3) is 0 Å². The van der Waals surface area contributed by atoms with Gasteiger partial charge in [-0.15, -0.1) is 10.2 Å². The Labute approximate surface area is 112 Å². The van der Waals surface area contributed by atoms with Gasteiger partial charge in [-0.3, -0.25) is 4.90 Å². The number of aromatic nitrogens is 2. The first kappa shape index (κ1) is 14.7. The van der Waals surface area contributed by atoms with Gasteiger partial charge in [0.15, 0.2) is 0 Å². The molecule has 0 amide bonds. The molecule has 0 fully saturated rings. The predicted molar refractivity (Wildman–Crippen MR) is 78.0 cm³/mol. The number of nitrogens with zero attached hydrogens (tertiary/aromatic N) is 3. The van der Waals surface area contributed by atoms with Crippen LogP contribution in [0.3, 0.4) is 0 Å². The Balaban J connectivity index is 2.42. The first-order valence-corrected chi connectivity index (χ1v) is 8.13. The minimum Gasteiger partial charge on any atom is -0.360 e. The summed E-state index contributed by atoms with van der Waals surface area (Å²) in [4.78, 5) is 2.32. The maximum atomic E-state index is 4.21. The minimum absolute atomic E-state index is 0.570. The Kier molecular flexibility index (Phi) is 6.84. The highest BCUT2D eigenvalue weighted by molar-refractivity contribution is 7.98. The summed E-state index contributed by atoms with van der Waals surface area (Å²) in [5.41, 5.74) is 0. The Bertz CT molecular complexity index is 316. The Hall–Kier alpha value is -0.330. The fourth-order valence-electron chi connectivity index (χ4n) is 1.36. The van der Waals surface area contributed by atoms with E-state index in [1.807, 2.05) is 11.8 Å². The fraction of sp³-hybridized carbons (Fsp3) is 0.818. The number of rotatable bonds is 8. The van der Waals surface area contributed by atoms with Gasteiger partial charge < -0.3 is 5.32 Å². The molecule has 1 unspecified atom stereocenters. The zero-order chi connectivity index (χ0) is 12.7. The van der Waals surface area contributed by atoms with Crippen LogP contribution in [0.1, 0.15) is 25.3 Å². The van der Waals surface area contributed by atoms with E-state index in [1.165, 1.54) is 0 Å². The molecule has 1 aromatic rings. The Morgan fingerprint density at radius 1 is 1.47 bits per heavy atom. The van der Waals surface area contributed by atoms with E-state index in [0.717, 1.165) is 35.4 Å². The summed E-state index contributed by atoms with van der Waals surface area (Å²) in [5, 5.41) is 13.6. The topological polar surface area (TPSA) is 41.1 Å². The van der Waals surface area contributed by atoms with Crippen LogP contribution in [0, 0.1) is 0 Å². The molecule has 6 heteroatoms. The van der Waals surface area contributed by atoms with Gasteiger partial charge in [-0.2, -0.15) is 11.8 Å². The third-order valence-electron chi connectivity index (χ3n) is 2.54. The lowest BCUT2D eigenvalue weighted by Crippen LogP contribution is -2.30. The lowest BCUT2D eigenvalue weighted by atomic mass is 10.3. The standard InChI is InChI=1S/C11H22N4S2/c1-5-6-12-11-14-13-10(17-11)7-15(3)9(2)8-16-4/h9H,5-8H2,1-4H3,(H,12,14). The molecule has 98 valence electrons. The summed E-state index contributed by atoms with van der Waals surface area (Å²) in [6, 6.07) is 0.570. The molecule has 0 radical (unpaired) electrons. The molecule has 1 atom stereocenters. The van der Waals surface area contributed by atoms with Gasteiger partial charge >= 0.3 is 0 Å². The van der Waals surface area contributed by atoms with Gasteiger partial charge in [0.05, 0.1) is 6.54 Å². The van der Waals surface area contributed by atoms with Crippen LogP contribution in [0.5, 0.6) is 0 Å². The highest BCUT2D eigenvalue weighted by Gasteiger charge is 2.11. The number of hydrogen-bond donors (Lipinski definition) is 1. The van der Waals surface area contributed by atoms with E-state index in [0.29, 0.717) is 6.04 Å². The maximum absolute atomic E-state index is 4.21. The first-order chi connectivity index (χ1) is 8.17. The molecule has 4 nitrogen and oxygen atoms in total. The monoisotopic (exact) mass is 274 g/mol. The van der Waals surface area contributed by atoms with Gasteiger partial charge in [-0.25, -0.2) is 0 Å². The molecule has 1 heterocycles. The highest BCUT2D eigenvalue weighted by Crippen LogP contribution is 2.17. The van der Waals surface area contributed by atoms with Crippen molar-refractivity contribution in [3.63, 3.8) is 0 Å². The van der Waals surface area contributed by atoms with Crippen LogP contribution in [-0.4, -0.2) is 46.7 Å². The van der Waals surface area contributed by atoms with Crippen LogP contribution < -0.4 is 5.32 Å². The summed E-state index contributed by atoms with van der Waals surface area (Å²) in [6.45, 7) is 6.24. The first-order valence-electron chi connectivity index (χ1n) is 5.92. The van der Waals surface area contributed by atoms with E-state index < -0.39 is 0 Å². The van der Waals surface area contributed by atoms with Crippen molar-refractivity contribution in [1.82, 2.24) is 15.1 Å². The molecule has 1 N–H and O–H groups in total. The van der Waals surface area contributed by atoms with E-state index in [4.69, 9.17) is 0 Å². The summed E-state index contributed by atoms with van der Waals surface area (Å²) in [5.74, 6) is 1.15. The smallest absolute Gasteiger partial charge is 0.205 e. The molecule has 0 bridgehead atoms. The molecule has 0 aliphatic rings.